The molecule has 0 aliphatic carbocycles. The topological polar surface area (TPSA) is 124 Å². The van der Waals surface area contributed by atoms with Crippen LogP contribution in [0.5, 0.6) is 0 Å². The quantitative estimate of drug-likeness (QED) is 0.393. The van der Waals surface area contributed by atoms with E-state index in [0.29, 0.717) is 46.1 Å². The molecule has 0 saturated heterocycles. The number of hydrogen-bond acceptors (Lipinski definition) is 7. The first kappa shape index (κ1) is 18.1. The number of primary amides is 1. The molecule has 7 nitrogen and oxygen atoms in total. The van der Waals surface area contributed by atoms with Crippen LogP contribution in [-0.4, -0.2) is 28.7 Å². The third-order valence-corrected chi connectivity index (χ3v) is 4.51. The lowest BCUT2D eigenvalue weighted by molar-refractivity contribution is -0.143. The number of nitrogens with zero attached hydrogens (tertiary/aromatic N) is 1. The van der Waals surface area contributed by atoms with Gasteiger partial charge in [-0.25, -0.2) is 0 Å². The zero-order chi connectivity index (χ0) is 17.7. The van der Waals surface area contributed by atoms with E-state index >= 15 is 0 Å². The second kappa shape index (κ2) is 8.02. The fourth-order valence-electron chi connectivity index (χ4n) is 2.33. The lowest BCUT2D eigenvalue weighted by Gasteiger charge is -2.12. The van der Waals surface area contributed by atoms with Gasteiger partial charge in [-0.05, 0) is 37.5 Å². The van der Waals surface area contributed by atoms with Crippen LogP contribution in [0.1, 0.15) is 35.7 Å². The van der Waals surface area contributed by atoms with Crippen LogP contribution in [0.15, 0.2) is 12.1 Å². The number of amides is 1. The minimum absolute atomic E-state index is 0.224. The van der Waals surface area contributed by atoms with Gasteiger partial charge < -0.3 is 16.2 Å². The highest BCUT2D eigenvalue weighted by atomic mass is 32.1. The summed E-state index contributed by atoms with van der Waals surface area (Å²) in [5.74, 6) is -0.880. The summed E-state index contributed by atoms with van der Waals surface area (Å²) in [6.07, 6.45) is 1.41. The number of ether oxygens (including phenoxy) is 1. The number of nitrogens with two attached hydrogens (primary N) is 2. The molecule has 5 N–H and O–H groups in total. The van der Waals surface area contributed by atoms with E-state index in [0.717, 1.165) is 5.56 Å². The SMILES string of the molecule is CCOC(=O)CCCc1ccc(-c2n[nH]c(=S)s2)c(C(N)=O)c1N. The standard InChI is InChI=1S/C15H18N4O3S2/c1-2-22-10(20)5-3-4-8-6-7-9(11(12(8)16)13(17)21)14-18-19-15(23)24-14/h6-7H,2-5,16H2,1H3,(H2,17,21)(H,19,23). The molecule has 0 atom stereocenters. The molecule has 24 heavy (non-hydrogen) atoms. The van der Waals surface area contributed by atoms with Gasteiger partial charge in [-0.1, -0.05) is 23.5 Å². The largest absolute Gasteiger partial charge is 0.466 e. The Balaban J connectivity index is 2.26. The van der Waals surface area contributed by atoms with Gasteiger partial charge in [0.2, 0.25) is 0 Å². The molecule has 128 valence electrons. The first-order chi connectivity index (χ1) is 11.4. The number of benzene rings is 1. The summed E-state index contributed by atoms with van der Waals surface area (Å²) in [6.45, 7) is 2.12. The van der Waals surface area contributed by atoms with E-state index in [9.17, 15) is 9.59 Å². The number of rotatable bonds is 7. The monoisotopic (exact) mass is 366 g/mol. The van der Waals surface area contributed by atoms with Crippen LogP contribution in [0.2, 0.25) is 0 Å². The van der Waals surface area contributed by atoms with E-state index in [1.807, 2.05) is 6.07 Å². The molecule has 1 heterocycles. The maximum atomic E-state index is 11.9. The fourth-order valence-corrected chi connectivity index (χ4v) is 3.25. The van der Waals surface area contributed by atoms with Crippen molar-refractivity contribution in [3.63, 3.8) is 0 Å². The number of H-pyrrole nitrogens is 1. The van der Waals surface area contributed by atoms with Crippen LogP contribution < -0.4 is 11.5 Å². The Hall–Kier alpha value is -2.26. The van der Waals surface area contributed by atoms with Crippen molar-refractivity contribution in [2.75, 3.05) is 12.3 Å². The number of nitrogens with one attached hydrogen (secondary N) is 1. The summed E-state index contributed by atoms with van der Waals surface area (Å²) in [5.41, 5.74) is 13.5. The van der Waals surface area contributed by atoms with E-state index in [2.05, 4.69) is 10.2 Å². The molecule has 0 bridgehead atoms. The zero-order valence-electron chi connectivity index (χ0n) is 13.1. The van der Waals surface area contributed by atoms with Gasteiger partial charge in [0.05, 0.1) is 12.2 Å². The van der Waals surface area contributed by atoms with Crippen LogP contribution in [0, 0.1) is 3.95 Å². The van der Waals surface area contributed by atoms with Gasteiger partial charge in [0.1, 0.15) is 5.01 Å². The second-order valence-corrected chi connectivity index (χ2v) is 6.67. The lowest BCUT2D eigenvalue weighted by Crippen LogP contribution is -2.16. The number of aryl methyl sites for hydroxylation is 1. The molecular weight excluding hydrogens is 348 g/mol. The molecule has 9 heteroatoms. The van der Waals surface area contributed by atoms with Gasteiger partial charge in [-0.3, -0.25) is 14.7 Å². The number of aromatic amines is 1. The van der Waals surface area contributed by atoms with Crippen molar-refractivity contribution in [3.05, 3.63) is 27.2 Å². The van der Waals surface area contributed by atoms with Crippen molar-refractivity contribution in [2.24, 2.45) is 5.73 Å². The Labute approximate surface area is 148 Å². The van der Waals surface area contributed by atoms with Crippen LogP contribution in [0.4, 0.5) is 5.69 Å². The summed E-state index contributed by atoms with van der Waals surface area (Å²) in [7, 11) is 0. The van der Waals surface area contributed by atoms with Crippen molar-refractivity contribution < 1.29 is 14.3 Å². The number of anilines is 1. The first-order valence-corrected chi connectivity index (χ1v) is 8.59. The third kappa shape index (κ3) is 4.18. The van der Waals surface area contributed by atoms with Gasteiger partial charge in [0.25, 0.3) is 5.91 Å². The first-order valence-electron chi connectivity index (χ1n) is 7.36. The van der Waals surface area contributed by atoms with Gasteiger partial charge in [-0.2, -0.15) is 5.10 Å². The minimum atomic E-state index is -0.629. The van der Waals surface area contributed by atoms with Gasteiger partial charge in [0, 0.05) is 17.7 Å². The third-order valence-electron chi connectivity index (χ3n) is 3.38. The smallest absolute Gasteiger partial charge is 0.305 e. The number of carbonyl (C=O) groups excluding carboxylic acids is 2. The summed E-state index contributed by atoms with van der Waals surface area (Å²) >= 11 is 6.25. The van der Waals surface area contributed by atoms with Crippen molar-refractivity contribution >= 4 is 41.1 Å². The maximum absolute atomic E-state index is 11.9. The number of nitrogen functional groups attached to an aromatic ring is 1. The van der Waals surface area contributed by atoms with Crippen molar-refractivity contribution in [2.45, 2.75) is 26.2 Å². The Morgan fingerprint density at radius 2 is 2.17 bits per heavy atom. The van der Waals surface area contributed by atoms with Crippen molar-refractivity contribution in [1.29, 1.82) is 0 Å². The molecule has 0 radical (unpaired) electrons. The highest BCUT2D eigenvalue weighted by Gasteiger charge is 2.19. The second-order valence-electron chi connectivity index (χ2n) is 5.00. The van der Waals surface area contributed by atoms with Crippen molar-refractivity contribution in [1.82, 2.24) is 10.2 Å². The maximum Gasteiger partial charge on any atom is 0.305 e. The molecule has 0 saturated carbocycles. The molecule has 0 aliphatic heterocycles. The molecule has 0 fully saturated rings. The molecule has 0 spiro atoms. The minimum Gasteiger partial charge on any atom is -0.466 e. The Kier molecular flexibility index (Phi) is 6.04. The van der Waals surface area contributed by atoms with Crippen molar-refractivity contribution in [3.8, 4) is 10.6 Å². The number of esters is 1. The van der Waals surface area contributed by atoms with E-state index in [1.165, 1.54) is 11.3 Å². The molecular formula is C15H18N4O3S2. The zero-order valence-corrected chi connectivity index (χ0v) is 14.8. The lowest BCUT2D eigenvalue weighted by atomic mass is 9.97. The molecule has 1 aromatic carbocycles. The van der Waals surface area contributed by atoms with Crippen LogP contribution in [0.3, 0.4) is 0 Å². The Morgan fingerprint density at radius 1 is 1.42 bits per heavy atom. The van der Waals surface area contributed by atoms with E-state index in [-0.39, 0.29) is 11.5 Å². The molecule has 0 aliphatic rings. The Morgan fingerprint density at radius 3 is 2.75 bits per heavy atom. The molecule has 0 unspecified atom stereocenters. The van der Waals surface area contributed by atoms with E-state index in [1.54, 1.807) is 13.0 Å². The summed E-state index contributed by atoms with van der Waals surface area (Å²) in [5, 5.41) is 7.29. The van der Waals surface area contributed by atoms with E-state index in [4.69, 9.17) is 28.4 Å². The summed E-state index contributed by atoms with van der Waals surface area (Å²) < 4.78 is 5.38. The van der Waals surface area contributed by atoms with Crippen LogP contribution in [-0.2, 0) is 16.0 Å². The highest BCUT2D eigenvalue weighted by Crippen LogP contribution is 2.32. The van der Waals surface area contributed by atoms with Gasteiger partial charge >= 0.3 is 5.97 Å². The van der Waals surface area contributed by atoms with Gasteiger partial charge in [-0.15, -0.1) is 0 Å². The number of hydrogen-bond donors (Lipinski definition) is 3. The summed E-state index contributed by atoms with van der Waals surface area (Å²) in [6, 6.07) is 3.56. The predicted molar refractivity (Wildman–Crippen MR) is 95.2 cm³/mol. The molecule has 1 aromatic heterocycles. The van der Waals surface area contributed by atoms with Crippen LogP contribution >= 0.6 is 23.6 Å². The average Bonchev–Trinajstić information content (AvgIpc) is 2.95. The molecule has 1 amide bonds. The van der Waals surface area contributed by atoms with Gasteiger partial charge in [0.15, 0.2) is 3.95 Å². The van der Waals surface area contributed by atoms with E-state index < -0.39 is 5.91 Å². The highest BCUT2D eigenvalue weighted by molar-refractivity contribution is 7.73. The molecule has 2 rings (SSSR count). The normalized spacial score (nSPS) is 10.5. The number of aromatic nitrogens is 2. The average molecular weight is 366 g/mol. The fraction of sp³-hybridized carbons (Fsp3) is 0.333. The number of carbonyl (C=O) groups is 2. The Bertz CT molecular complexity index is 813. The summed E-state index contributed by atoms with van der Waals surface area (Å²) in [4.78, 5) is 23.2. The predicted octanol–water partition coefficient (Wildman–Crippen LogP) is 2.43. The molecule has 2 aromatic rings. The van der Waals surface area contributed by atoms with Crippen LogP contribution in [0.25, 0.3) is 10.6 Å².